The summed E-state index contributed by atoms with van der Waals surface area (Å²) < 4.78 is 0.240. The molecule has 2 atom stereocenters. The standard InChI is InChI=1S/C19H30N4OS/c1-15(16-9-6-5-7-10-16)22-18(20-13-17(24)23(3)4)21-14-19(2)11-8-12-25-19/h5-7,9-10,15H,8,11-14H2,1-4H3,(H2,20,21,22). The summed E-state index contributed by atoms with van der Waals surface area (Å²) >= 11 is 2.01. The molecule has 0 radical (unpaired) electrons. The molecule has 25 heavy (non-hydrogen) atoms. The van der Waals surface area contributed by atoms with E-state index in [1.54, 1.807) is 19.0 Å². The van der Waals surface area contributed by atoms with Crippen molar-refractivity contribution in [2.75, 3.05) is 32.9 Å². The van der Waals surface area contributed by atoms with Gasteiger partial charge in [-0.1, -0.05) is 30.3 Å². The Morgan fingerprint density at radius 1 is 1.36 bits per heavy atom. The molecule has 1 aliphatic rings. The summed E-state index contributed by atoms with van der Waals surface area (Å²) in [6.07, 6.45) is 2.48. The number of aliphatic imine (C=N–C) groups is 1. The minimum Gasteiger partial charge on any atom is -0.355 e. The molecule has 2 unspecified atom stereocenters. The third kappa shape index (κ3) is 6.27. The van der Waals surface area contributed by atoms with E-state index in [-0.39, 0.29) is 23.2 Å². The Kier molecular flexibility index (Phi) is 7.17. The zero-order valence-electron chi connectivity index (χ0n) is 15.7. The molecule has 0 saturated carbocycles. The molecule has 2 rings (SSSR count). The molecule has 0 aromatic heterocycles. The van der Waals surface area contributed by atoms with E-state index in [4.69, 9.17) is 0 Å². The summed E-state index contributed by atoms with van der Waals surface area (Å²) in [6.45, 7) is 5.39. The molecule has 2 N–H and O–H groups in total. The molecular formula is C19H30N4OS. The molecule has 1 aromatic carbocycles. The van der Waals surface area contributed by atoms with Crippen LogP contribution in [0.1, 0.15) is 38.3 Å². The van der Waals surface area contributed by atoms with Gasteiger partial charge in [0.2, 0.25) is 5.91 Å². The van der Waals surface area contributed by atoms with E-state index in [0.29, 0.717) is 5.96 Å². The second-order valence-corrected chi connectivity index (χ2v) is 8.67. The molecule has 0 aliphatic carbocycles. The van der Waals surface area contributed by atoms with E-state index < -0.39 is 0 Å². The van der Waals surface area contributed by atoms with Crippen molar-refractivity contribution >= 4 is 23.6 Å². The number of carbonyl (C=O) groups is 1. The van der Waals surface area contributed by atoms with Crippen molar-refractivity contribution in [1.29, 1.82) is 0 Å². The molecule has 0 bridgehead atoms. The fourth-order valence-corrected chi connectivity index (χ4v) is 3.96. The predicted octanol–water partition coefficient (Wildman–Crippen LogP) is 2.66. The second kappa shape index (κ2) is 9.13. The quantitative estimate of drug-likeness (QED) is 0.603. The molecule has 138 valence electrons. The van der Waals surface area contributed by atoms with Crippen LogP contribution in [-0.2, 0) is 4.79 Å². The minimum atomic E-state index is -0.00471. The normalized spacial score (nSPS) is 21.7. The number of likely N-dealkylation sites (N-methyl/N-ethyl adjacent to an activating group) is 1. The fraction of sp³-hybridized carbons (Fsp3) is 0.579. The molecule has 0 spiro atoms. The van der Waals surface area contributed by atoms with Crippen molar-refractivity contribution in [3.8, 4) is 0 Å². The highest BCUT2D eigenvalue weighted by atomic mass is 32.2. The van der Waals surface area contributed by atoms with Crippen LogP contribution in [-0.4, -0.2) is 54.5 Å². The van der Waals surface area contributed by atoms with Gasteiger partial charge < -0.3 is 15.5 Å². The van der Waals surface area contributed by atoms with Crippen LogP contribution in [0.15, 0.2) is 35.3 Å². The molecule has 1 saturated heterocycles. The van der Waals surface area contributed by atoms with Gasteiger partial charge in [-0.05, 0) is 38.0 Å². The third-order valence-electron chi connectivity index (χ3n) is 4.45. The lowest BCUT2D eigenvalue weighted by Crippen LogP contribution is -2.45. The minimum absolute atomic E-state index is 0.00471. The lowest BCUT2D eigenvalue weighted by atomic mass is 10.1. The number of hydrogen-bond acceptors (Lipinski definition) is 3. The highest BCUT2D eigenvalue weighted by Crippen LogP contribution is 2.36. The predicted molar refractivity (Wildman–Crippen MR) is 107 cm³/mol. The number of nitrogens with one attached hydrogen (secondary N) is 2. The summed E-state index contributed by atoms with van der Waals surface area (Å²) in [5.41, 5.74) is 1.19. The first-order valence-electron chi connectivity index (χ1n) is 8.83. The first-order valence-corrected chi connectivity index (χ1v) is 9.82. The first kappa shape index (κ1) is 19.6. The van der Waals surface area contributed by atoms with Crippen LogP contribution in [0, 0.1) is 0 Å². The Morgan fingerprint density at radius 3 is 2.68 bits per heavy atom. The molecule has 1 aromatic rings. The molecule has 6 heteroatoms. The van der Waals surface area contributed by atoms with Crippen molar-refractivity contribution in [1.82, 2.24) is 15.5 Å². The largest absolute Gasteiger partial charge is 0.355 e. The Bertz CT molecular complexity index is 582. The maximum absolute atomic E-state index is 11.9. The van der Waals surface area contributed by atoms with E-state index in [2.05, 4.69) is 41.6 Å². The Labute approximate surface area is 155 Å². The zero-order valence-corrected chi connectivity index (χ0v) is 16.5. The maximum atomic E-state index is 11.9. The van der Waals surface area contributed by atoms with Gasteiger partial charge in [0.1, 0.15) is 6.54 Å². The molecule has 1 aliphatic heterocycles. The zero-order chi connectivity index (χ0) is 18.3. The van der Waals surface area contributed by atoms with Gasteiger partial charge in [-0.3, -0.25) is 4.79 Å². The van der Waals surface area contributed by atoms with Crippen molar-refractivity contribution in [2.24, 2.45) is 4.99 Å². The number of carbonyl (C=O) groups excluding carboxylic acids is 1. The van der Waals surface area contributed by atoms with E-state index in [1.165, 1.54) is 24.2 Å². The molecular weight excluding hydrogens is 332 g/mol. The van der Waals surface area contributed by atoms with Gasteiger partial charge in [0, 0.05) is 25.4 Å². The van der Waals surface area contributed by atoms with Crippen LogP contribution in [0.4, 0.5) is 0 Å². The van der Waals surface area contributed by atoms with Crippen LogP contribution in [0.3, 0.4) is 0 Å². The van der Waals surface area contributed by atoms with Gasteiger partial charge in [-0.15, -0.1) is 0 Å². The van der Waals surface area contributed by atoms with Crippen LogP contribution in [0.2, 0.25) is 0 Å². The number of guanidine groups is 1. The Hall–Kier alpha value is -1.69. The lowest BCUT2D eigenvalue weighted by molar-refractivity contribution is -0.127. The highest BCUT2D eigenvalue weighted by Gasteiger charge is 2.29. The van der Waals surface area contributed by atoms with E-state index in [0.717, 1.165) is 6.54 Å². The lowest BCUT2D eigenvalue weighted by Gasteiger charge is -2.26. The summed E-state index contributed by atoms with van der Waals surface area (Å²) in [7, 11) is 3.50. The molecule has 1 amide bonds. The highest BCUT2D eigenvalue weighted by molar-refractivity contribution is 8.00. The molecule has 1 heterocycles. The smallest absolute Gasteiger partial charge is 0.243 e. The van der Waals surface area contributed by atoms with Crippen molar-refractivity contribution < 1.29 is 4.79 Å². The van der Waals surface area contributed by atoms with Crippen LogP contribution in [0.25, 0.3) is 0 Å². The van der Waals surface area contributed by atoms with Gasteiger partial charge in [-0.2, -0.15) is 11.8 Å². The maximum Gasteiger partial charge on any atom is 0.243 e. The summed E-state index contributed by atoms with van der Waals surface area (Å²) in [4.78, 5) is 17.9. The summed E-state index contributed by atoms with van der Waals surface area (Å²) in [5.74, 6) is 1.91. The van der Waals surface area contributed by atoms with Crippen molar-refractivity contribution in [2.45, 2.75) is 37.5 Å². The van der Waals surface area contributed by atoms with Crippen molar-refractivity contribution in [3.63, 3.8) is 0 Å². The van der Waals surface area contributed by atoms with Gasteiger partial charge in [-0.25, -0.2) is 4.99 Å². The summed E-state index contributed by atoms with van der Waals surface area (Å²) in [6, 6.07) is 10.4. The van der Waals surface area contributed by atoms with E-state index in [9.17, 15) is 4.79 Å². The van der Waals surface area contributed by atoms with Gasteiger partial charge in [0.15, 0.2) is 5.96 Å². The van der Waals surface area contributed by atoms with E-state index in [1.807, 2.05) is 30.0 Å². The van der Waals surface area contributed by atoms with Gasteiger partial charge >= 0.3 is 0 Å². The number of thioether (sulfide) groups is 1. The fourth-order valence-electron chi connectivity index (χ4n) is 2.72. The van der Waals surface area contributed by atoms with Crippen molar-refractivity contribution in [3.05, 3.63) is 35.9 Å². The SMILES string of the molecule is CC(NC(=NCC(=O)N(C)C)NCC1(C)CCCS1)c1ccccc1. The molecule has 1 fully saturated rings. The number of benzene rings is 1. The Morgan fingerprint density at radius 2 is 2.08 bits per heavy atom. The Balaban J connectivity index is 2.02. The second-order valence-electron chi connectivity index (χ2n) is 6.99. The summed E-state index contributed by atoms with van der Waals surface area (Å²) in [5, 5.41) is 6.87. The first-order chi connectivity index (χ1) is 11.9. The monoisotopic (exact) mass is 362 g/mol. The van der Waals surface area contributed by atoms with Crippen LogP contribution >= 0.6 is 11.8 Å². The number of nitrogens with zero attached hydrogens (tertiary/aromatic N) is 2. The van der Waals surface area contributed by atoms with E-state index >= 15 is 0 Å². The van der Waals surface area contributed by atoms with Crippen LogP contribution < -0.4 is 10.6 Å². The third-order valence-corrected chi connectivity index (χ3v) is 5.99. The number of amides is 1. The van der Waals surface area contributed by atoms with Gasteiger partial charge in [0.05, 0.1) is 6.04 Å². The topological polar surface area (TPSA) is 56.7 Å². The van der Waals surface area contributed by atoms with Crippen LogP contribution in [0.5, 0.6) is 0 Å². The number of hydrogen-bond donors (Lipinski definition) is 2. The molecule has 5 nitrogen and oxygen atoms in total. The average molecular weight is 363 g/mol. The average Bonchev–Trinajstić information content (AvgIpc) is 3.04. The number of rotatable bonds is 6. The van der Waals surface area contributed by atoms with Gasteiger partial charge in [0.25, 0.3) is 0 Å².